The van der Waals surface area contributed by atoms with E-state index in [1.807, 2.05) is 0 Å². The first kappa shape index (κ1) is 14.1. The summed E-state index contributed by atoms with van der Waals surface area (Å²) in [6.07, 6.45) is 3.50. The van der Waals surface area contributed by atoms with Crippen LogP contribution < -0.4 is 5.32 Å². The third-order valence-electron chi connectivity index (χ3n) is 4.52. The van der Waals surface area contributed by atoms with Gasteiger partial charge >= 0.3 is 0 Å². The Morgan fingerprint density at radius 1 is 1.30 bits per heavy atom. The van der Waals surface area contributed by atoms with E-state index in [-0.39, 0.29) is 11.8 Å². The van der Waals surface area contributed by atoms with Gasteiger partial charge in [0.05, 0.1) is 0 Å². The van der Waals surface area contributed by atoms with Crippen LogP contribution >= 0.6 is 11.6 Å². The number of phenols is 1. The molecule has 0 unspecified atom stereocenters. The Hall–Kier alpha value is -0.840. The third kappa shape index (κ3) is 2.65. The van der Waals surface area contributed by atoms with Crippen molar-refractivity contribution in [3.05, 3.63) is 28.5 Å². The Balaban J connectivity index is 1.96. The first-order valence-electron chi connectivity index (χ1n) is 7.29. The van der Waals surface area contributed by atoms with Gasteiger partial charge in [-0.15, -0.1) is 0 Å². The van der Waals surface area contributed by atoms with E-state index < -0.39 is 5.82 Å². The Bertz CT molecular complexity index is 487. The normalized spacial score (nSPS) is 22.5. The van der Waals surface area contributed by atoms with Gasteiger partial charge in [-0.2, -0.15) is 0 Å². The highest BCUT2D eigenvalue weighted by Crippen LogP contribution is 2.45. The zero-order chi connectivity index (χ0) is 14.1. The second-order valence-corrected chi connectivity index (χ2v) is 6.18. The van der Waals surface area contributed by atoms with Crippen molar-refractivity contribution in [1.29, 1.82) is 0 Å². The molecular formula is C15H20ClFN2O. The van der Waals surface area contributed by atoms with Crippen LogP contribution in [0.15, 0.2) is 12.1 Å². The smallest absolute Gasteiger partial charge is 0.166 e. The van der Waals surface area contributed by atoms with Crippen molar-refractivity contribution in [2.24, 2.45) is 5.92 Å². The number of nitrogens with zero attached hydrogens (tertiary/aromatic N) is 1. The number of phenolic OH excluding ortho intramolecular Hbond substituents is 1. The second-order valence-electron chi connectivity index (χ2n) is 5.75. The largest absolute Gasteiger partial charge is 0.505 e. The molecule has 1 heterocycles. The van der Waals surface area contributed by atoms with Crippen molar-refractivity contribution in [3.63, 3.8) is 0 Å². The van der Waals surface area contributed by atoms with Gasteiger partial charge < -0.3 is 10.4 Å². The molecule has 1 saturated heterocycles. The minimum absolute atomic E-state index is 0.0825. The van der Waals surface area contributed by atoms with Gasteiger partial charge in [-0.3, -0.25) is 4.90 Å². The van der Waals surface area contributed by atoms with Crippen LogP contribution in [0.3, 0.4) is 0 Å². The molecule has 0 amide bonds. The number of piperazine rings is 1. The lowest BCUT2D eigenvalue weighted by atomic mass is 9.76. The minimum atomic E-state index is -0.619. The molecule has 1 aromatic rings. The molecule has 5 heteroatoms. The van der Waals surface area contributed by atoms with E-state index in [0.717, 1.165) is 39.0 Å². The quantitative estimate of drug-likeness (QED) is 0.900. The molecule has 2 fully saturated rings. The predicted molar refractivity (Wildman–Crippen MR) is 77.6 cm³/mol. The average molecular weight is 299 g/mol. The highest BCUT2D eigenvalue weighted by Gasteiger charge is 2.35. The molecule has 1 atom stereocenters. The number of halogens is 2. The van der Waals surface area contributed by atoms with Gasteiger partial charge in [-0.1, -0.05) is 18.0 Å². The van der Waals surface area contributed by atoms with Crippen LogP contribution in [0.5, 0.6) is 5.75 Å². The molecule has 1 aliphatic carbocycles. The summed E-state index contributed by atoms with van der Waals surface area (Å²) >= 11 is 5.99. The summed E-state index contributed by atoms with van der Waals surface area (Å²) in [6.45, 7) is 3.73. The molecule has 0 spiro atoms. The van der Waals surface area contributed by atoms with Crippen LogP contribution in [0, 0.1) is 11.7 Å². The van der Waals surface area contributed by atoms with E-state index in [2.05, 4.69) is 10.2 Å². The van der Waals surface area contributed by atoms with Crippen molar-refractivity contribution < 1.29 is 9.50 Å². The second kappa shape index (κ2) is 5.88. The first-order valence-corrected chi connectivity index (χ1v) is 7.67. The standard InChI is InChI=1S/C15H20ClFN2O/c16-11-8-12(15(20)13(17)9-11)14(10-2-1-3-10)19-6-4-18-5-7-19/h8-10,14,18,20H,1-7H2/t14-/m0/s1. The van der Waals surface area contributed by atoms with Gasteiger partial charge in [0.2, 0.25) is 0 Å². The summed E-state index contributed by atoms with van der Waals surface area (Å²) in [5.74, 6) is -0.353. The van der Waals surface area contributed by atoms with Crippen LogP contribution in [0.25, 0.3) is 0 Å². The number of rotatable bonds is 3. The molecule has 3 nitrogen and oxygen atoms in total. The molecule has 1 saturated carbocycles. The Morgan fingerprint density at radius 3 is 2.60 bits per heavy atom. The molecule has 0 bridgehead atoms. The molecular weight excluding hydrogens is 279 g/mol. The highest BCUT2D eigenvalue weighted by molar-refractivity contribution is 6.30. The van der Waals surface area contributed by atoms with E-state index >= 15 is 0 Å². The molecule has 2 N–H and O–H groups in total. The summed E-state index contributed by atoms with van der Waals surface area (Å²) in [6, 6.07) is 2.99. The predicted octanol–water partition coefficient (Wildman–Crippen LogP) is 2.93. The topological polar surface area (TPSA) is 35.5 Å². The van der Waals surface area contributed by atoms with E-state index in [4.69, 9.17) is 11.6 Å². The minimum Gasteiger partial charge on any atom is -0.505 e. The van der Waals surface area contributed by atoms with Gasteiger partial charge in [0.1, 0.15) is 0 Å². The molecule has 110 valence electrons. The van der Waals surface area contributed by atoms with Crippen molar-refractivity contribution >= 4 is 11.6 Å². The zero-order valence-electron chi connectivity index (χ0n) is 11.4. The Kier molecular flexibility index (Phi) is 4.15. The highest BCUT2D eigenvalue weighted by atomic mass is 35.5. The van der Waals surface area contributed by atoms with E-state index in [1.54, 1.807) is 6.07 Å². The molecule has 1 aliphatic heterocycles. The number of hydrogen-bond acceptors (Lipinski definition) is 3. The SMILES string of the molecule is Oc1c(F)cc(Cl)cc1[C@H](C1CCC1)N1CCNCC1. The Morgan fingerprint density at radius 2 is 2.00 bits per heavy atom. The van der Waals surface area contributed by atoms with E-state index in [0.29, 0.717) is 16.5 Å². The van der Waals surface area contributed by atoms with Crippen LogP contribution in [0.2, 0.25) is 5.02 Å². The maximum absolute atomic E-state index is 13.8. The fraction of sp³-hybridized carbons (Fsp3) is 0.600. The Labute approximate surface area is 123 Å². The van der Waals surface area contributed by atoms with Crippen molar-refractivity contribution in [3.8, 4) is 5.75 Å². The average Bonchev–Trinajstić information content (AvgIpc) is 2.39. The van der Waals surface area contributed by atoms with Crippen LogP contribution in [0.1, 0.15) is 30.9 Å². The van der Waals surface area contributed by atoms with Crippen molar-refractivity contribution in [1.82, 2.24) is 10.2 Å². The fourth-order valence-electron chi connectivity index (χ4n) is 3.28. The van der Waals surface area contributed by atoms with Crippen molar-refractivity contribution in [2.45, 2.75) is 25.3 Å². The van der Waals surface area contributed by atoms with Crippen LogP contribution in [-0.2, 0) is 0 Å². The summed E-state index contributed by atoms with van der Waals surface area (Å²) in [7, 11) is 0. The van der Waals surface area contributed by atoms with Crippen molar-refractivity contribution in [2.75, 3.05) is 26.2 Å². The summed E-state index contributed by atoms with van der Waals surface area (Å²) < 4.78 is 13.8. The third-order valence-corrected chi connectivity index (χ3v) is 4.74. The van der Waals surface area contributed by atoms with Gasteiger partial charge in [0.25, 0.3) is 0 Å². The number of hydrogen-bond donors (Lipinski definition) is 2. The molecule has 2 aliphatic rings. The van der Waals surface area contributed by atoms with Gasteiger partial charge in [0.15, 0.2) is 11.6 Å². The summed E-state index contributed by atoms with van der Waals surface area (Å²) in [5.41, 5.74) is 0.654. The van der Waals surface area contributed by atoms with Crippen LogP contribution in [0.4, 0.5) is 4.39 Å². The molecule has 20 heavy (non-hydrogen) atoms. The van der Waals surface area contributed by atoms with Crippen LogP contribution in [-0.4, -0.2) is 36.2 Å². The molecule has 3 rings (SSSR count). The van der Waals surface area contributed by atoms with Gasteiger partial charge in [0, 0.05) is 42.8 Å². The maximum Gasteiger partial charge on any atom is 0.166 e. The lowest BCUT2D eigenvalue weighted by Crippen LogP contribution is -2.47. The number of nitrogens with one attached hydrogen (secondary N) is 1. The first-order chi connectivity index (χ1) is 9.66. The summed E-state index contributed by atoms with van der Waals surface area (Å²) in [4.78, 5) is 2.35. The lowest BCUT2D eigenvalue weighted by Gasteiger charge is -2.43. The molecule has 0 radical (unpaired) electrons. The van der Waals surface area contributed by atoms with Gasteiger partial charge in [-0.05, 0) is 30.9 Å². The lowest BCUT2D eigenvalue weighted by molar-refractivity contribution is 0.0815. The number of aromatic hydroxyl groups is 1. The molecule has 1 aromatic carbocycles. The summed E-state index contributed by atoms with van der Waals surface area (Å²) in [5, 5.41) is 13.8. The molecule has 0 aromatic heterocycles. The van der Waals surface area contributed by atoms with Gasteiger partial charge in [-0.25, -0.2) is 4.39 Å². The zero-order valence-corrected chi connectivity index (χ0v) is 12.2. The fourth-order valence-corrected chi connectivity index (χ4v) is 3.49. The maximum atomic E-state index is 13.8. The van der Waals surface area contributed by atoms with E-state index in [1.165, 1.54) is 12.5 Å². The van der Waals surface area contributed by atoms with E-state index in [9.17, 15) is 9.50 Å². The monoisotopic (exact) mass is 298 g/mol. The number of benzene rings is 1.